The quantitative estimate of drug-likeness (QED) is 0.836. The van der Waals surface area contributed by atoms with Crippen molar-refractivity contribution < 1.29 is 14.6 Å². The third kappa shape index (κ3) is 4.51. The Balaban J connectivity index is 1.91. The van der Waals surface area contributed by atoms with Crippen LogP contribution in [0.5, 0.6) is 5.75 Å². The Morgan fingerprint density at radius 3 is 2.48 bits per heavy atom. The van der Waals surface area contributed by atoms with Gasteiger partial charge in [-0.3, -0.25) is 4.79 Å². The number of aromatic nitrogens is 1. The Hall–Kier alpha value is -2.08. The maximum absolute atomic E-state index is 11.3. The van der Waals surface area contributed by atoms with E-state index in [2.05, 4.69) is 4.90 Å². The zero-order valence-electron chi connectivity index (χ0n) is 14.5. The molecule has 2 heterocycles. The van der Waals surface area contributed by atoms with Gasteiger partial charge in [-0.1, -0.05) is 12.8 Å². The fourth-order valence-corrected chi connectivity index (χ4v) is 4.22. The third-order valence-corrected chi connectivity index (χ3v) is 5.43. The van der Waals surface area contributed by atoms with E-state index in [0.717, 1.165) is 40.1 Å². The molecule has 1 fully saturated rings. The van der Waals surface area contributed by atoms with Gasteiger partial charge in [-0.05, 0) is 44.0 Å². The SMILES string of the molecule is CCOc1ccc(-c2nc(N3CCCCCC3)sc2CC(=O)O)cc1. The Labute approximate surface area is 152 Å². The largest absolute Gasteiger partial charge is 0.494 e. The van der Waals surface area contributed by atoms with Gasteiger partial charge in [0.05, 0.1) is 18.7 Å². The average molecular weight is 360 g/mol. The monoisotopic (exact) mass is 360 g/mol. The summed E-state index contributed by atoms with van der Waals surface area (Å²) in [6, 6.07) is 7.73. The summed E-state index contributed by atoms with van der Waals surface area (Å²) in [5, 5.41) is 10.2. The molecule has 1 aromatic carbocycles. The summed E-state index contributed by atoms with van der Waals surface area (Å²) in [6.07, 6.45) is 4.87. The lowest BCUT2D eigenvalue weighted by atomic mass is 10.1. The molecule has 6 heteroatoms. The van der Waals surface area contributed by atoms with Crippen LogP contribution in [-0.4, -0.2) is 35.8 Å². The first-order chi connectivity index (χ1) is 12.2. The van der Waals surface area contributed by atoms with Crippen LogP contribution >= 0.6 is 11.3 Å². The number of carbonyl (C=O) groups is 1. The molecule has 1 aliphatic rings. The minimum absolute atomic E-state index is 0.00799. The summed E-state index contributed by atoms with van der Waals surface area (Å²) in [6.45, 7) is 4.58. The molecule has 134 valence electrons. The van der Waals surface area contributed by atoms with Gasteiger partial charge in [-0.2, -0.15) is 0 Å². The van der Waals surface area contributed by atoms with Gasteiger partial charge < -0.3 is 14.7 Å². The molecule has 25 heavy (non-hydrogen) atoms. The fourth-order valence-electron chi connectivity index (χ4n) is 3.09. The molecule has 0 spiro atoms. The standard InChI is InChI=1S/C19H24N2O3S/c1-2-24-15-9-7-14(8-10-15)18-16(13-17(22)23)25-19(20-18)21-11-5-3-4-6-12-21/h7-10H,2-6,11-13H2,1H3,(H,22,23). The van der Waals surface area contributed by atoms with E-state index in [0.29, 0.717) is 6.61 Å². The summed E-state index contributed by atoms with van der Waals surface area (Å²) >= 11 is 1.52. The lowest BCUT2D eigenvalue weighted by Crippen LogP contribution is -2.23. The number of aliphatic carboxylic acids is 1. The molecule has 0 amide bonds. The van der Waals surface area contributed by atoms with Crippen LogP contribution < -0.4 is 9.64 Å². The van der Waals surface area contributed by atoms with Crippen LogP contribution in [0.4, 0.5) is 5.13 Å². The van der Waals surface area contributed by atoms with Crippen molar-refractivity contribution in [2.45, 2.75) is 39.0 Å². The highest BCUT2D eigenvalue weighted by molar-refractivity contribution is 7.16. The van der Waals surface area contributed by atoms with E-state index in [9.17, 15) is 9.90 Å². The molecule has 1 aromatic heterocycles. The molecule has 0 atom stereocenters. The van der Waals surface area contributed by atoms with Crippen LogP contribution in [0.3, 0.4) is 0 Å². The van der Waals surface area contributed by atoms with Crippen LogP contribution in [-0.2, 0) is 11.2 Å². The van der Waals surface area contributed by atoms with Crippen molar-refractivity contribution >= 4 is 22.4 Å². The summed E-state index contributed by atoms with van der Waals surface area (Å²) in [5.74, 6) is -0.00717. The molecule has 0 radical (unpaired) electrons. The molecular formula is C19H24N2O3S. The third-order valence-electron chi connectivity index (χ3n) is 4.31. The van der Waals surface area contributed by atoms with Crippen molar-refractivity contribution in [1.82, 2.24) is 4.98 Å². The van der Waals surface area contributed by atoms with Crippen molar-refractivity contribution in [3.05, 3.63) is 29.1 Å². The van der Waals surface area contributed by atoms with Gasteiger partial charge in [-0.15, -0.1) is 11.3 Å². The number of hydrogen-bond acceptors (Lipinski definition) is 5. The number of carboxylic acids is 1. The Morgan fingerprint density at radius 2 is 1.88 bits per heavy atom. The number of thiazole rings is 1. The lowest BCUT2D eigenvalue weighted by Gasteiger charge is -2.18. The van der Waals surface area contributed by atoms with Gasteiger partial charge in [0.15, 0.2) is 5.13 Å². The highest BCUT2D eigenvalue weighted by atomic mass is 32.1. The first kappa shape index (κ1) is 17.7. The van der Waals surface area contributed by atoms with Crippen molar-refractivity contribution in [3.63, 3.8) is 0 Å². The number of hydrogen-bond donors (Lipinski definition) is 1. The zero-order chi connectivity index (χ0) is 17.6. The van der Waals surface area contributed by atoms with Gasteiger partial charge in [0, 0.05) is 23.5 Å². The van der Waals surface area contributed by atoms with E-state index in [1.165, 1.54) is 37.0 Å². The molecule has 1 saturated heterocycles. The molecular weight excluding hydrogens is 336 g/mol. The van der Waals surface area contributed by atoms with Gasteiger partial charge in [-0.25, -0.2) is 4.98 Å². The number of nitrogens with zero attached hydrogens (tertiary/aromatic N) is 2. The van der Waals surface area contributed by atoms with Crippen LogP contribution in [0, 0.1) is 0 Å². The second-order valence-electron chi connectivity index (χ2n) is 6.20. The van der Waals surface area contributed by atoms with E-state index in [1.807, 2.05) is 31.2 Å². The molecule has 0 unspecified atom stereocenters. The Kier molecular flexibility index (Phi) is 5.91. The smallest absolute Gasteiger partial charge is 0.308 e. The first-order valence-corrected chi connectivity index (χ1v) is 9.68. The lowest BCUT2D eigenvalue weighted by molar-refractivity contribution is -0.136. The molecule has 0 saturated carbocycles. The molecule has 1 aliphatic heterocycles. The van der Waals surface area contributed by atoms with Crippen LogP contribution in [0.25, 0.3) is 11.3 Å². The van der Waals surface area contributed by atoms with E-state index in [-0.39, 0.29) is 6.42 Å². The van der Waals surface area contributed by atoms with Gasteiger partial charge in [0.1, 0.15) is 5.75 Å². The second kappa shape index (κ2) is 8.34. The van der Waals surface area contributed by atoms with Crippen molar-refractivity contribution in [1.29, 1.82) is 0 Å². The minimum Gasteiger partial charge on any atom is -0.494 e. The molecule has 5 nitrogen and oxygen atoms in total. The first-order valence-electron chi connectivity index (χ1n) is 8.87. The molecule has 3 rings (SSSR count). The predicted octanol–water partition coefficient (Wildman–Crippen LogP) is 4.22. The number of carboxylic acid groups (broad SMARTS) is 1. The van der Waals surface area contributed by atoms with E-state index >= 15 is 0 Å². The summed E-state index contributed by atoms with van der Waals surface area (Å²) in [5.41, 5.74) is 1.73. The molecule has 0 aliphatic carbocycles. The average Bonchev–Trinajstić information content (AvgIpc) is 2.82. The van der Waals surface area contributed by atoms with E-state index in [4.69, 9.17) is 9.72 Å². The molecule has 2 aromatic rings. The number of benzene rings is 1. The van der Waals surface area contributed by atoms with Crippen LogP contribution in [0.2, 0.25) is 0 Å². The maximum atomic E-state index is 11.3. The van der Waals surface area contributed by atoms with Crippen LogP contribution in [0.1, 0.15) is 37.5 Å². The summed E-state index contributed by atoms with van der Waals surface area (Å²) in [4.78, 5) is 19.2. The fraction of sp³-hybridized carbons (Fsp3) is 0.474. The van der Waals surface area contributed by atoms with Crippen molar-refractivity contribution in [3.8, 4) is 17.0 Å². The Bertz CT molecular complexity index is 704. The number of ether oxygens (including phenoxy) is 1. The second-order valence-corrected chi connectivity index (χ2v) is 7.26. The highest BCUT2D eigenvalue weighted by Gasteiger charge is 2.20. The summed E-state index contributed by atoms with van der Waals surface area (Å²) < 4.78 is 5.49. The van der Waals surface area contributed by atoms with E-state index in [1.54, 1.807) is 0 Å². The number of anilines is 1. The molecule has 0 bridgehead atoms. The maximum Gasteiger partial charge on any atom is 0.308 e. The van der Waals surface area contributed by atoms with Crippen molar-refractivity contribution in [2.24, 2.45) is 0 Å². The normalized spacial score (nSPS) is 15.0. The van der Waals surface area contributed by atoms with Gasteiger partial charge >= 0.3 is 5.97 Å². The summed E-state index contributed by atoms with van der Waals surface area (Å²) in [7, 11) is 0. The minimum atomic E-state index is -0.821. The Morgan fingerprint density at radius 1 is 1.20 bits per heavy atom. The molecule has 1 N–H and O–H groups in total. The number of rotatable bonds is 6. The van der Waals surface area contributed by atoms with Crippen LogP contribution in [0.15, 0.2) is 24.3 Å². The van der Waals surface area contributed by atoms with E-state index < -0.39 is 5.97 Å². The van der Waals surface area contributed by atoms with Gasteiger partial charge in [0.25, 0.3) is 0 Å². The predicted molar refractivity (Wildman–Crippen MR) is 101 cm³/mol. The van der Waals surface area contributed by atoms with Gasteiger partial charge in [0.2, 0.25) is 0 Å². The zero-order valence-corrected chi connectivity index (χ0v) is 15.3. The van der Waals surface area contributed by atoms with Crippen molar-refractivity contribution in [2.75, 3.05) is 24.6 Å². The topological polar surface area (TPSA) is 62.7 Å². The highest BCUT2D eigenvalue weighted by Crippen LogP contribution is 2.35.